The average Bonchev–Trinajstić information content (AvgIpc) is 2.43. The minimum Gasteiger partial charge on any atom is -0.394 e. The SMILES string of the molecule is CCCCCCCCN(CCOCCO)C(=O)C(C)(C)C. The van der Waals surface area contributed by atoms with Crippen LogP contribution in [0.2, 0.25) is 0 Å². The lowest BCUT2D eigenvalue weighted by atomic mass is 9.94. The third kappa shape index (κ3) is 10.7. The van der Waals surface area contributed by atoms with Crippen LogP contribution in [0.5, 0.6) is 0 Å². The van der Waals surface area contributed by atoms with Crippen LogP contribution in [0.3, 0.4) is 0 Å². The highest BCUT2D eigenvalue weighted by atomic mass is 16.5. The first-order valence-corrected chi connectivity index (χ1v) is 8.41. The first-order valence-electron chi connectivity index (χ1n) is 8.41. The summed E-state index contributed by atoms with van der Waals surface area (Å²) in [5.74, 6) is 0.184. The second-order valence-electron chi connectivity index (χ2n) is 6.65. The van der Waals surface area contributed by atoms with E-state index < -0.39 is 0 Å². The van der Waals surface area contributed by atoms with Gasteiger partial charge in [0, 0.05) is 18.5 Å². The van der Waals surface area contributed by atoms with Gasteiger partial charge in [-0.3, -0.25) is 4.79 Å². The van der Waals surface area contributed by atoms with Crippen LogP contribution in [0.25, 0.3) is 0 Å². The normalized spacial score (nSPS) is 11.7. The molecule has 4 heteroatoms. The first kappa shape index (κ1) is 20.4. The molecule has 0 saturated heterocycles. The second kappa shape index (κ2) is 12.0. The Morgan fingerprint density at radius 2 is 1.62 bits per heavy atom. The van der Waals surface area contributed by atoms with Gasteiger partial charge in [-0.1, -0.05) is 59.8 Å². The van der Waals surface area contributed by atoms with E-state index in [1.165, 1.54) is 32.1 Å². The van der Waals surface area contributed by atoms with Gasteiger partial charge in [0.1, 0.15) is 0 Å². The highest BCUT2D eigenvalue weighted by molar-refractivity contribution is 5.81. The molecule has 4 nitrogen and oxygen atoms in total. The van der Waals surface area contributed by atoms with E-state index in [2.05, 4.69) is 6.92 Å². The quantitative estimate of drug-likeness (QED) is 0.563. The molecular formula is C17H35NO3. The van der Waals surface area contributed by atoms with Crippen molar-refractivity contribution < 1.29 is 14.6 Å². The molecule has 0 aromatic carbocycles. The minimum absolute atomic E-state index is 0.0324. The molecule has 0 saturated carbocycles. The van der Waals surface area contributed by atoms with Crippen molar-refractivity contribution in [2.45, 2.75) is 66.2 Å². The fourth-order valence-electron chi connectivity index (χ4n) is 2.21. The molecule has 0 unspecified atom stereocenters. The summed E-state index contributed by atoms with van der Waals surface area (Å²) in [6, 6.07) is 0. The number of amides is 1. The van der Waals surface area contributed by atoms with E-state index in [1.807, 2.05) is 25.7 Å². The van der Waals surface area contributed by atoms with Crippen molar-refractivity contribution in [3.8, 4) is 0 Å². The van der Waals surface area contributed by atoms with Gasteiger partial charge in [-0.05, 0) is 6.42 Å². The summed E-state index contributed by atoms with van der Waals surface area (Å²) in [6.45, 7) is 10.4. The lowest BCUT2D eigenvalue weighted by molar-refractivity contribution is -0.140. The molecular weight excluding hydrogens is 266 g/mol. The predicted molar refractivity (Wildman–Crippen MR) is 87.3 cm³/mol. The number of hydrogen-bond donors (Lipinski definition) is 1. The molecule has 0 aromatic heterocycles. The molecule has 0 aliphatic heterocycles. The predicted octanol–water partition coefficient (Wildman–Crippen LogP) is 3.23. The van der Waals surface area contributed by atoms with Crippen molar-refractivity contribution in [2.75, 3.05) is 32.9 Å². The summed E-state index contributed by atoms with van der Waals surface area (Å²) in [7, 11) is 0. The van der Waals surface area contributed by atoms with Gasteiger partial charge in [0.25, 0.3) is 0 Å². The molecule has 0 bridgehead atoms. The van der Waals surface area contributed by atoms with Crippen molar-refractivity contribution >= 4 is 5.91 Å². The van der Waals surface area contributed by atoms with Crippen molar-refractivity contribution in [3.63, 3.8) is 0 Å². The lowest BCUT2D eigenvalue weighted by Gasteiger charge is -2.29. The van der Waals surface area contributed by atoms with Crippen LogP contribution < -0.4 is 0 Å². The van der Waals surface area contributed by atoms with Gasteiger partial charge in [0.2, 0.25) is 5.91 Å². The average molecular weight is 301 g/mol. The van der Waals surface area contributed by atoms with Crippen LogP contribution in [-0.2, 0) is 9.53 Å². The monoisotopic (exact) mass is 301 g/mol. The zero-order valence-corrected chi connectivity index (χ0v) is 14.5. The first-order chi connectivity index (χ1) is 9.93. The molecule has 0 spiro atoms. The lowest BCUT2D eigenvalue weighted by Crippen LogP contribution is -2.42. The maximum absolute atomic E-state index is 12.4. The summed E-state index contributed by atoms with van der Waals surface area (Å²) in [5, 5.41) is 8.71. The zero-order valence-electron chi connectivity index (χ0n) is 14.5. The highest BCUT2D eigenvalue weighted by Gasteiger charge is 2.26. The van der Waals surface area contributed by atoms with Crippen molar-refractivity contribution in [3.05, 3.63) is 0 Å². The molecule has 126 valence electrons. The minimum atomic E-state index is -0.348. The van der Waals surface area contributed by atoms with Crippen LogP contribution in [0.1, 0.15) is 66.2 Å². The molecule has 0 aliphatic rings. The Morgan fingerprint density at radius 3 is 2.19 bits per heavy atom. The summed E-state index contributed by atoms with van der Waals surface area (Å²) in [4.78, 5) is 14.3. The van der Waals surface area contributed by atoms with E-state index in [0.717, 1.165) is 13.0 Å². The Labute approximate surface area is 130 Å². The number of carbonyl (C=O) groups excluding carboxylic acids is 1. The number of rotatable bonds is 12. The fourth-order valence-corrected chi connectivity index (χ4v) is 2.21. The molecule has 0 fully saturated rings. The summed E-state index contributed by atoms with van der Waals surface area (Å²) >= 11 is 0. The smallest absolute Gasteiger partial charge is 0.228 e. The summed E-state index contributed by atoms with van der Waals surface area (Å²) in [5.41, 5.74) is -0.348. The standard InChI is InChI=1S/C17H35NO3/c1-5-6-7-8-9-10-11-18(12-14-21-15-13-19)16(20)17(2,3)4/h19H,5-15H2,1-4H3. The highest BCUT2D eigenvalue weighted by Crippen LogP contribution is 2.18. The maximum atomic E-state index is 12.4. The van der Waals surface area contributed by atoms with E-state index in [1.54, 1.807) is 0 Å². The summed E-state index contributed by atoms with van der Waals surface area (Å²) < 4.78 is 5.29. The Bertz CT molecular complexity index is 261. The van der Waals surface area contributed by atoms with E-state index in [0.29, 0.717) is 19.8 Å². The van der Waals surface area contributed by atoms with Crippen molar-refractivity contribution in [2.24, 2.45) is 5.41 Å². The topological polar surface area (TPSA) is 49.8 Å². The summed E-state index contributed by atoms with van der Waals surface area (Å²) in [6.07, 6.45) is 7.36. The Hall–Kier alpha value is -0.610. The molecule has 0 rings (SSSR count). The van der Waals surface area contributed by atoms with Gasteiger partial charge in [0.05, 0.1) is 19.8 Å². The number of aliphatic hydroxyl groups is 1. The number of hydrogen-bond acceptors (Lipinski definition) is 3. The van der Waals surface area contributed by atoms with Crippen molar-refractivity contribution in [1.82, 2.24) is 4.90 Å². The van der Waals surface area contributed by atoms with Crippen molar-refractivity contribution in [1.29, 1.82) is 0 Å². The fraction of sp³-hybridized carbons (Fsp3) is 0.941. The molecule has 1 N–H and O–H groups in total. The van der Waals surface area contributed by atoms with Crippen LogP contribution in [0, 0.1) is 5.41 Å². The maximum Gasteiger partial charge on any atom is 0.228 e. The molecule has 1 amide bonds. The van der Waals surface area contributed by atoms with E-state index >= 15 is 0 Å². The Balaban J connectivity index is 4.10. The van der Waals surface area contributed by atoms with Gasteiger partial charge in [-0.25, -0.2) is 0 Å². The van der Waals surface area contributed by atoms with Gasteiger partial charge >= 0.3 is 0 Å². The van der Waals surface area contributed by atoms with Crippen LogP contribution in [0.4, 0.5) is 0 Å². The molecule has 21 heavy (non-hydrogen) atoms. The molecule has 0 aliphatic carbocycles. The van der Waals surface area contributed by atoms with E-state index in [-0.39, 0.29) is 17.9 Å². The Morgan fingerprint density at radius 1 is 1.00 bits per heavy atom. The van der Waals surface area contributed by atoms with Gasteiger partial charge in [-0.2, -0.15) is 0 Å². The van der Waals surface area contributed by atoms with E-state index in [9.17, 15) is 4.79 Å². The third-order valence-corrected chi connectivity index (χ3v) is 3.45. The van der Waals surface area contributed by atoms with Crippen LogP contribution in [0.15, 0.2) is 0 Å². The second-order valence-corrected chi connectivity index (χ2v) is 6.65. The van der Waals surface area contributed by atoms with Gasteiger partial charge in [-0.15, -0.1) is 0 Å². The van der Waals surface area contributed by atoms with Crippen LogP contribution >= 0.6 is 0 Å². The number of carbonyl (C=O) groups is 1. The number of unbranched alkanes of at least 4 members (excludes halogenated alkanes) is 5. The number of aliphatic hydroxyl groups excluding tert-OH is 1. The van der Waals surface area contributed by atoms with Gasteiger partial charge < -0.3 is 14.7 Å². The molecule has 0 atom stereocenters. The van der Waals surface area contributed by atoms with Crippen LogP contribution in [-0.4, -0.2) is 48.8 Å². The molecule has 0 radical (unpaired) electrons. The largest absolute Gasteiger partial charge is 0.394 e. The Kier molecular flexibility index (Phi) is 11.6. The molecule has 0 aromatic rings. The third-order valence-electron chi connectivity index (χ3n) is 3.45. The molecule has 0 heterocycles. The zero-order chi connectivity index (χ0) is 16.1. The number of ether oxygens (including phenoxy) is 1. The number of nitrogens with zero attached hydrogens (tertiary/aromatic N) is 1. The van der Waals surface area contributed by atoms with E-state index in [4.69, 9.17) is 9.84 Å². The van der Waals surface area contributed by atoms with Gasteiger partial charge in [0.15, 0.2) is 0 Å².